The van der Waals surface area contributed by atoms with Gasteiger partial charge in [-0.3, -0.25) is 29.3 Å². The van der Waals surface area contributed by atoms with Gasteiger partial charge in [0.2, 0.25) is 0 Å². The molecule has 0 unspecified atom stereocenters. The third-order valence-corrected chi connectivity index (χ3v) is 6.93. The molecule has 0 aromatic heterocycles. The molecular weight excluding hydrogens is 506 g/mol. The summed E-state index contributed by atoms with van der Waals surface area (Å²) in [5.41, 5.74) is -0.113. The Morgan fingerprint density at radius 2 is 1.74 bits per heavy atom. The van der Waals surface area contributed by atoms with Gasteiger partial charge in [-0.1, -0.05) is 41.1 Å². The van der Waals surface area contributed by atoms with Crippen molar-refractivity contribution in [3.05, 3.63) is 74.2 Å². The van der Waals surface area contributed by atoms with Crippen LogP contribution in [0.1, 0.15) is 46.9 Å². The summed E-state index contributed by atoms with van der Waals surface area (Å²) in [5, 5.41) is 12.8. The van der Waals surface area contributed by atoms with Gasteiger partial charge in [0, 0.05) is 27.7 Å². The van der Waals surface area contributed by atoms with Crippen LogP contribution in [-0.4, -0.2) is 45.0 Å². The van der Waals surface area contributed by atoms with Crippen LogP contribution in [0.3, 0.4) is 0 Å². The fourth-order valence-electron chi connectivity index (χ4n) is 4.61. The number of hydrogen-bond acceptors (Lipinski definition) is 6. The van der Waals surface area contributed by atoms with E-state index >= 15 is 0 Å². The summed E-state index contributed by atoms with van der Waals surface area (Å²) >= 11 is 3.30. The van der Waals surface area contributed by atoms with Crippen LogP contribution in [0.5, 0.6) is 0 Å². The van der Waals surface area contributed by atoms with Gasteiger partial charge in [-0.2, -0.15) is 5.01 Å². The lowest BCUT2D eigenvalue weighted by Gasteiger charge is -2.30. The fourth-order valence-corrected chi connectivity index (χ4v) is 4.87. The van der Waals surface area contributed by atoms with E-state index in [2.05, 4.69) is 15.9 Å². The van der Waals surface area contributed by atoms with Gasteiger partial charge in [0.05, 0.1) is 16.8 Å². The molecular formula is C24H22BrN3O6. The van der Waals surface area contributed by atoms with E-state index < -0.39 is 46.8 Å². The lowest BCUT2D eigenvalue weighted by atomic mass is 9.76. The maximum Gasteiger partial charge on any atom is 0.273 e. The largest absolute Gasteiger partial charge is 0.292 e. The predicted octanol–water partition coefficient (Wildman–Crippen LogP) is 4.02. The van der Waals surface area contributed by atoms with Crippen molar-refractivity contribution in [2.75, 3.05) is 6.54 Å². The lowest BCUT2D eigenvalue weighted by Crippen LogP contribution is -2.52. The minimum atomic E-state index is -0.831. The maximum absolute atomic E-state index is 13.5. The van der Waals surface area contributed by atoms with Crippen LogP contribution in [0.25, 0.3) is 0 Å². The van der Waals surface area contributed by atoms with Crippen molar-refractivity contribution >= 4 is 45.1 Å². The molecule has 2 aromatic rings. The Bertz CT molecular complexity index is 1180. The monoisotopic (exact) mass is 527 g/mol. The van der Waals surface area contributed by atoms with Gasteiger partial charge < -0.3 is 0 Å². The molecule has 0 spiro atoms. The van der Waals surface area contributed by atoms with E-state index in [1.807, 2.05) is 6.92 Å². The van der Waals surface area contributed by atoms with Crippen LogP contribution in [0.2, 0.25) is 0 Å². The molecule has 10 heteroatoms. The van der Waals surface area contributed by atoms with Gasteiger partial charge >= 0.3 is 0 Å². The molecule has 1 saturated heterocycles. The van der Waals surface area contributed by atoms with Gasteiger partial charge in [0.15, 0.2) is 5.78 Å². The number of benzene rings is 2. The van der Waals surface area contributed by atoms with Crippen LogP contribution in [0.4, 0.5) is 5.69 Å². The van der Waals surface area contributed by atoms with Crippen LogP contribution in [-0.2, 0) is 9.59 Å². The number of Topliss-reactive ketones (excluding diaryl/α,β-unsaturated/α-hetero) is 1. The summed E-state index contributed by atoms with van der Waals surface area (Å²) in [6.07, 6.45) is 1.86. The van der Waals surface area contributed by atoms with Crippen LogP contribution in [0.15, 0.2) is 53.0 Å². The van der Waals surface area contributed by atoms with Crippen molar-refractivity contribution in [2.24, 2.45) is 17.8 Å². The van der Waals surface area contributed by atoms with Gasteiger partial charge in [0.25, 0.3) is 23.4 Å². The average Bonchev–Trinajstić information content (AvgIpc) is 3.06. The number of rotatable bonds is 6. The molecule has 9 nitrogen and oxygen atoms in total. The number of non-ortho nitro benzene ring substituents is 1. The zero-order chi connectivity index (χ0) is 24.6. The second-order valence-electron chi connectivity index (χ2n) is 8.72. The molecule has 0 N–H and O–H groups in total. The highest BCUT2D eigenvalue weighted by Crippen LogP contribution is 2.41. The number of halogens is 1. The SMILES string of the molecule is C[C@@H]1CC[C@@H]2C(=O)N(N(CC(=O)c3ccc(Br)cc3)C(=O)c3cccc([N+](=O)[O-])c3)C(=O)[C@@H]2C1. The molecule has 176 valence electrons. The number of fused-ring (bicyclic) bond motifs is 1. The Hall–Kier alpha value is -3.40. The molecule has 1 aliphatic carbocycles. The lowest BCUT2D eigenvalue weighted by molar-refractivity contribution is -0.384. The summed E-state index contributed by atoms with van der Waals surface area (Å²) in [6.45, 7) is 1.45. The third kappa shape index (κ3) is 4.50. The summed E-state index contributed by atoms with van der Waals surface area (Å²) in [6, 6.07) is 11.5. The zero-order valence-corrected chi connectivity index (χ0v) is 19.9. The predicted molar refractivity (Wildman–Crippen MR) is 124 cm³/mol. The molecule has 3 atom stereocenters. The molecule has 1 saturated carbocycles. The van der Waals surface area contributed by atoms with Crippen molar-refractivity contribution in [3.63, 3.8) is 0 Å². The molecule has 2 aromatic carbocycles. The number of imide groups is 1. The van der Waals surface area contributed by atoms with Crippen molar-refractivity contribution in [2.45, 2.75) is 26.2 Å². The van der Waals surface area contributed by atoms with Crippen molar-refractivity contribution < 1.29 is 24.1 Å². The number of carbonyl (C=O) groups excluding carboxylic acids is 4. The van der Waals surface area contributed by atoms with Crippen LogP contribution >= 0.6 is 15.9 Å². The molecule has 2 aliphatic rings. The van der Waals surface area contributed by atoms with E-state index in [-0.39, 0.29) is 17.2 Å². The van der Waals surface area contributed by atoms with E-state index in [0.29, 0.717) is 18.4 Å². The maximum atomic E-state index is 13.5. The summed E-state index contributed by atoms with van der Waals surface area (Å²) < 4.78 is 0.761. The van der Waals surface area contributed by atoms with Crippen molar-refractivity contribution in [1.82, 2.24) is 10.0 Å². The van der Waals surface area contributed by atoms with Crippen molar-refractivity contribution in [3.8, 4) is 0 Å². The standard InChI is InChI=1S/C24H22BrN3O6/c1-14-5-10-19-20(11-14)24(32)27(23(19)31)26(13-21(29)15-6-8-17(25)9-7-15)22(30)16-3-2-4-18(12-16)28(33)34/h2-4,6-9,12,14,19-20H,5,10-11,13H2,1H3/t14-,19+,20-/m1/s1. The first kappa shape index (κ1) is 23.7. The van der Waals surface area contributed by atoms with Crippen LogP contribution in [0, 0.1) is 27.9 Å². The Labute approximate surface area is 204 Å². The first-order valence-corrected chi connectivity index (χ1v) is 11.7. The molecule has 2 fully saturated rings. The number of nitro benzene ring substituents is 1. The van der Waals surface area contributed by atoms with Gasteiger partial charge in [-0.15, -0.1) is 0 Å². The Balaban J connectivity index is 1.71. The first-order chi connectivity index (χ1) is 16.2. The highest BCUT2D eigenvalue weighted by molar-refractivity contribution is 9.10. The summed E-state index contributed by atoms with van der Waals surface area (Å²) in [4.78, 5) is 63.6. The molecule has 3 amide bonds. The number of hydrogen-bond donors (Lipinski definition) is 0. The molecule has 0 bridgehead atoms. The smallest absolute Gasteiger partial charge is 0.273 e. The highest BCUT2D eigenvalue weighted by Gasteiger charge is 2.52. The highest BCUT2D eigenvalue weighted by atomic mass is 79.9. The first-order valence-electron chi connectivity index (χ1n) is 10.9. The Morgan fingerprint density at radius 1 is 1.06 bits per heavy atom. The number of ketones is 1. The minimum absolute atomic E-state index is 0.0957. The van der Waals surface area contributed by atoms with E-state index in [9.17, 15) is 29.3 Å². The minimum Gasteiger partial charge on any atom is -0.292 e. The quantitative estimate of drug-likeness (QED) is 0.242. The average molecular weight is 528 g/mol. The third-order valence-electron chi connectivity index (χ3n) is 6.40. The van der Waals surface area contributed by atoms with E-state index in [0.717, 1.165) is 27.0 Å². The van der Waals surface area contributed by atoms with Crippen LogP contribution < -0.4 is 0 Å². The molecule has 4 rings (SSSR count). The second kappa shape index (κ2) is 9.46. The van der Waals surface area contributed by atoms with Gasteiger partial charge in [-0.05, 0) is 43.4 Å². The fraction of sp³-hybridized carbons (Fsp3) is 0.333. The topological polar surface area (TPSA) is 118 Å². The number of nitrogens with zero attached hydrogens (tertiary/aromatic N) is 3. The number of hydrazine groups is 1. The van der Waals surface area contributed by atoms with Gasteiger partial charge in [0.1, 0.15) is 6.54 Å². The molecule has 1 heterocycles. The molecule has 34 heavy (non-hydrogen) atoms. The van der Waals surface area contributed by atoms with Crippen molar-refractivity contribution in [1.29, 1.82) is 0 Å². The van der Waals surface area contributed by atoms with E-state index in [1.54, 1.807) is 24.3 Å². The Morgan fingerprint density at radius 3 is 2.41 bits per heavy atom. The Kier molecular flexibility index (Phi) is 6.60. The number of carbonyl (C=O) groups is 4. The second-order valence-corrected chi connectivity index (χ2v) is 9.64. The number of amides is 3. The summed E-state index contributed by atoms with van der Waals surface area (Å²) in [5.74, 6) is -3.14. The normalized spacial score (nSPS) is 21.8. The van der Waals surface area contributed by atoms with Gasteiger partial charge in [-0.25, -0.2) is 5.01 Å². The van der Waals surface area contributed by atoms with E-state index in [1.165, 1.54) is 18.2 Å². The number of nitro groups is 1. The molecule has 0 radical (unpaired) electrons. The summed E-state index contributed by atoms with van der Waals surface area (Å²) in [7, 11) is 0. The van der Waals surface area contributed by atoms with E-state index in [4.69, 9.17) is 0 Å². The zero-order valence-electron chi connectivity index (χ0n) is 18.3. The molecule has 1 aliphatic heterocycles.